The fraction of sp³-hybridized carbons (Fsp3) is 0.467. The molecule has 23 heavy (non-hydrogen) atoms. The van der Waals surface area contributed by atoms with Crippen molar-refractivity contribution in [1.29, 1.82) is 5.26 Å². The Labute approximate surface area is 135 Å². The average molecular weight is 344 g/mol. The number of piperidine rings is 1. The molecule has 1 saturated heterocycles. The molecule has 8 heteroatoms. The van der Waals surface area contributed by atoms with Gasteiger partial charge in [-0.05, 0) is 24.3 Å². The van der Waals surface area contributed by atoms with E-state index in [-0.39, 0.29) is 24.7 Å². The molecule has 0 atom stereocenters. The molecular formula is C15H15F3N2O2S. The highest BCUT2D eigenvalue weighted by atomic mass is 32.2. The summed E-state index contributed by atoms with van der Waals surface area (Å²) in [5, 5.41) is 18.3. The minimum Gasteiger partial charge on any atom is -0.380 e. The first kappa shape index (κ1) is 17.6. The van der Waals surface area contributed by atoms with Crippen LogP contribution in [-0.2, 0) is 4.79 Å². The monoisotopic (exact) mass is 344 g/mol. The lowest BCUT2D eigenvalue weighted by molar-refractivity contribution is -0.272. The number of likely N-dealkylation sites (tertiary alicyclic amines) is 1. The first-order valence-corrected chi connectivity index (χ1v) is 7.93. The van der Waals surface area contributed by atoms with Crippen molar-refractivity contribution in [3.63, 3.8) is 0 Å². The quantitative estimate of drug-likeness (QED) is 0.856. The molecule has 1 aliphatic rings. The molecule has 1 heterocycles. The van der Waals surface area contributed by atoms with Crippen LogP contribution in [0.4, 0.5) is 13.2 Å². The molecule has 0 spiro atoms. The van der Waals surface area contributed by atoms with Gasteiger partial charge in [-0.15, -0.1) is 11.8 Å². The summed E-state index contributed by atoms with van der Waals surface area (Å²) in [7, 11) is 0. The van der Waals surface area contributed by atoms with Gasteiger partial charge in [-0.1, -0.05) is 0 Å². The number of rotatable bonds is 3. The van der Waals surface area contributed by atoms with Crippen LogP contribution in [0.3, 0.4) is 0 Å². The molecule has 0 saturated carbocycles. The molecule has 0 aromatic heterocycles. The van der Waals surface area contributed by atoms with Crippen LogP contribution < -0.4 is 0 Å². The lowest BCUT2D eigenvalue weighted by atomic mass is 9.91. The van der Waals surface area contributed by atoms with Gasteiger partial charge in [0.05, 0.1) is 17.4 Å². The van der Waals surface area contributed by atoms with Gasteiger partial charge in [-0.3, -0.25) is 4.79 Å². The third-order valence-corrected chi connectivity index (χ3v) is 4.81. The fourth-order valence-corrected chi connectivity index (χ4v) is 3.07. The van der Waals surface area contributed by atoms with Crippen molar-refractivity contribution < 1.29 is 23.1 Å². The van der Waals surface area contributed by atoms with Gasteiger partial charge in [-0.2, -0.15) is 18.4 Å². The Hall–Kier alpha value is -1.72. The molecule has 1 aliphatic heterocycles. The highest BCUT2D eigenvalue weighted by Gasteiger charge is 2.54. The molecule has 0 bridgehead atoms. The van der Waals surface area contributed by atoms with Crippen molar-refractivity contribution in [2.24, 2.45) is 0 Å². The summed E-state index contributed by atoms with van der Waals surface area (Å²) in [5.41, 5.74) is -2.17. The zero-order valence-corrected chi connectivity index (χ0v) is 13.0. The van der Waals surface area contributed by atoms with Gasteiger partial charge >= 0.3 is 6.18 Å². The molecule has 1 aromatic carbocycles. The number of thioether (sulfide) groups is 1. The maximum atomic E-state index is 12.7. The number of alkyl halides is 3. The number of nitrogens with zero attached hydrogens (tertiary/aromatic N) is 2. The van der Waals surface area contributed by atoms with Gasteiger partial charge < -0.3 is 10.0 Å². The minimum atomic E-state index is -4.67. The summed E-state index contributed by atoms with van der Waals surface area (Å²) in [4.78, 5) is 14.2. The standard InChI is InChI=1S/C15H15F3N2O2S/c16-15(17,18)14(22)5-7-20(8-6-14)13(21)10-23-12-3-1-11(9-19)2-4-12/h1-4,22H,5-8,10H2. The Kier molecular flexibility index (Phi) is 5.22. The van der Waals surface area contributed by atoms with Crippen LogP contribution in [0.15, 0.2) is 29.2 Å². The molecule has 124 valence electrons. The van der Waals surface area contributed by atoms with E-state index < -0.39 is 24.6 Å². The van der Waals surface area contributed by atoms with Gasteiger partial charge in [0.2, 0.25) is 5.91 Å². The van der Waals surface area contributed by atoms with Crippen LogP contribution in [0, 0.1) is 11.3 Å². The van der Waals surface area contributed by atoms with E-state index in [1.54, 1.807) is 24.3 Å². The van der Waals surface area contributed by atoms with E-state index >= 15 is 0 Å². The molecule has 1 aromatic rings. The largest absolute Gasteiger partial charge is 0.417 e. The van der Waals surface area contributed by atoms with Gasteiger partial charge in [0.15, 0.2) is 5.60 Å². The number of nitriles is 1. The minimum absolute atomic E-state index is 0.107. The zero-order chi connectivity index (χ0) is 17.1. The van der Waals surface area contributed by atoms with E-state index in [4.69, 9.17) is 5.26 Å². The Morgan fingerprint density at radius 2 is 1.87 bits per heavy atom. The van der Waals surface area contributed by atoms with Gasteiger partial charge in [-0.25, -0.2) is 0 Å². The van der Waals surface area contributed by atoms with E-state index in [0.717, 1.165) is 4.90 Å². The van der Waals surface area contributed by atoms with Crippen molar-refractivity contribution in [2.75, 3.05) is 18.8 Å². The van der Waals surface area contributed by atoms with Gasteiger partial charge in [0.1, 0.15) is 0 Å². The Bertz CT molecular complexity index is 603. The van der Waals surface area contributed by atoms with E-state index in [1.807, 2.05) is 6.07 Å². The lowest BCUT2D eigenvalue weighted by Gasteiger charge is -2.39. The van der Waals surface area contributed by atoms with Crippen molar-refractivity contribution in [1.82, 2.24) is 4.90 Å². The first-order chi connectivity index (χ1) is 10.7. The van der Waals surface area contributed by atoms with Crippen molar-refractivity contribution >= 4 is 17.7 Å². The predicted octanol–water partition coefficient (Wildman–Crippen LogP) is 2.57. The zero-order valence-electron chi connectivity index (χ0n) is 12.1. The molecule has 0 aliphatic carbocycles. The Balaban J connectivity index is 1.84. The fourth-order valence-electron chi connectivity index (χ4n) is 2.27. The third-order valence-electron chi connectivity index (χ3n) is 3.82. The summed E-state index contributed by atoms with van der Waals surface area (Å²) in [6.45, 7) is -0.217. The summed E-state index contributed by atoms with van der Waals surface area (Å²) in [6, 6.07) is 8.70. The average Bonchev–Trinajstić information content (AvgIpc) is 2.53. The summed E-state index contributed by atoms with van der Waals surface area (Å²) >= 11 is 1.26. The Morgan fingerprint density at radius 1 is 1.30 bits per heavy atom. The first-order valence-electron chi connectivity index (χ1n) is 6.95. The second kappa shape index (κ2) is 6.81. The molecule has 1 amide bonds. The molecule has 1 fully saturated rings. The van der Waals surface area contributed by atoms with Crippen LogP contribution in [0.25, 0.3) is 0 Å². The molecule has 4 nitrogen and oxygen atoms in total. The van der Waals surface area contributed by atoms with E-state index in [1.165, 1.54) is 16.7 Å². The molecule has 0 unspecified atom stereocenters. The SMILES string of the molecule is N#Cc1ccc(SCC(=O)N2CCC(O)(C(F)(F)F)CC2)cc1. The smallest absolute Gasteiger partial charge is 0.380 e. The van der Waals surface area contributed by atoms with Crippen LogP contribution in [-0.4, -0.2) is 46.5 Å². The number of halogens is 3. The lowest BCUT2D eigenvalue weighted by Crippen LogP contribution is -2.54. The molecule has 0 radical (unpaired) electrons. The van der Waals surface area contributed by atoms with E-state index in [9.17, 15) is 23.1 Å². The topological polar surface area (TPSA) is 64.3 Å². The highest BCUT2D eigenvalue weighted by molar-refractivity contribution is 8.00. The summed E-state index contributed by atoms with van der Waals surface area (Å²) in [5.74, 6) is -0.153. The van der Waals surface area contributed by atoms with Crippen LogP contribution in [0.1, 0.15) is 18.4 Å². The molecule has 2 rings (SSSR count). The Morgan fingerprint density at radius 3 is 2.35 bits per heavy atom. The van der Waals surface area contributed by atoms with Crippen molar-refractivity contribution in [2.45, 2.75) is 29.5 Å². The third kappa shape index (κ3) is 4.18. The number of amides is 1. The van der Waals surface area contributed by atoms with Crippen molar-refractivity contribution in [3.8, 4) is 6.07 Å². The summed E-state index contributed by atoms with van der Waals surface area (Å²) < 4.78 is 38.1. The van der Waals surface area contributed by atoms with E-state index in [2.05, 4.69) is 0 Å². The number of carbonyl (C=O) groups is 1. The predicted molar refractivity (Wildman–Crippen MR) is 78.7 cm³/mol. The normalized spacial score (nSPS) is 17.6. The molecular weight excluding hydrogens is 329 g/mol. The maximum absolute atomic E-state index is 12.7. The highest BCUT2D eigenvalue weighted by Crippen LogP contribution is 2.38. The second-order valence-electron chi connectivity index (χ2n) is 5.33. The maximum Gasteiger partial charge on any atom is 0.417 e. The van der Waals surface area contributed by atoms with Crippen LogP contribution in [0.5, 0.6) is 0 Å². The van der Waals surface area contributed by atoms with Gasteiger partial charge in [0, 0.05) is 30.8 Å². The molecule has 1 N–H and O–H groups in total. The number of carbonyl (C=O) groups excluding carboxylic acids is 1. The van der Waals surface area contributed by atoms with E-state index in [0.29, 0.717) is 5.56 Å². The summed E-state index contributed by atoms with van der Waals surface area (Å²) in [6.07, 6.45) is -5.66. The number of benzene rings is 1. The second-order valence-corrected chi connectivity index (χ2v) is 6.38. The van der Waals surface area contributed by atoms with Crippen LogP contribution in [0.2, 0.25) is 0 Å². The number of hydrogen-bond donors (Lipinski definition) is 1. The number of hydrogen-bond acceptors (Lipinski definition) is 4. The van der Waals surface area contributed by atoms with Crippen LogP contribution >= 0.6 is 11.8 Å². The van der Waals surface area contributed by atoms with Crippen molar-refractivity contribution in [3.05, 3.63) is 29.8 Å². The number of aliphatic hydroxyl groups is 1. The van der Waals surface area contributed by atoms with Gasteiger partial charge in [0.25, 0.3) is 0 Å².